The lowest BCUT2D eigenvalue weighted by atomic mass is 9.94. The summed E-state index contributed by atoms with van der Waals surface area (Å²) >= 11 is 6.14. The zero-order valence-electron chi connectivity index (χ0n) is 12.4. The van der Waals surface area contributed by atoms with Crippen molar-refractivity contribution in [3.8, 4) is 5.75 Å². The predicted octanol–water partition coefficient (Wildman–Crippen LogP) is 4.86. The lowest BCUT2D eigenvalue weighted by molar-refractivity contribution is -0.187. The smallest absolute Gasteiger partial charge is 0.430 e. The van der Waals surface area contributed by atoms with Crippen molar-refractivity contribution in [1.82, 2.24) is 0 Å². The highest BCUT2D eigenvalue weighted by atomic mass is 35.5. The number of carboxylic acid groups (broad SMARTS) is 1. The summed E-state index contributed by atoms with van der Waals surface area (Å²) in [6.45, 7) is 2.03. The van der Waals surface area contributed by atoms with E-state index in [1.807, 2.05) is 6.92 Å². The van der Waals surface area contributed by atoms with Gasteiger partial charge in [-0.2, -0.15) is 13.2 Å². The van der Waals surface area contributed by atoms with E-state index in [4.69, 9.17) is 21.4 Å². The molecule has 0 saturated heterocycles. The van der Waals surface area contributed by atoms with Gasteiger partial charge in [-0.1, -0.05) is 31.4 Å². The van der Waals surface area contributed by atoms with Gasteiger partial charge >= 0.3 is 12.1 Å². The molecule has 2 rings (SSSR count). The fraction of sp³-hybridized carbons (Fsp3) is 0.438. The summed E-state index contributed by atoms with van der Waals surface area (Å²) in [5, 5.41) is 9.49. The van der Waals surface area contributed by atoms with Gasteiger partial charge in [0.25, 0.3) is 0 Å². The predicted molar refractivity (Wildman–Crippen MR) is 80.8 cm³/mol. The molecule has 1 aromatic carbocycles. The SMILES string of the molecule is CCCCCc1c(Cl)ccc2c1C=C(C(=O)O)C(C(F)(F)F)O2. The number of benzene rings is 1. The zero-order chi connectivity index (χ0) is 17.2. The molecule has 0 amide bonds. The molecule has 0 bridgehead atoms. The molecule has 0 fully saturated rings. The number of carboxylic acids is 1. The quantitative estimate of drug-likeness (QED) is 0.773. The normalized spacial score (nSPS) is 17.3. The second-order valence-corrected chi connectivity index (χ2v) is 5.75. The highest BCUT2D eigenvalue weighted by Crippen LogP contribution is 2.40. The van der Waals surface area contributed by atoms with Gasteiger partial charge in [0, 0.05) is 10.6 Å². The Morgan fingerprint density at radius 2 is 2.04 bits per heavy atom. The maximum atomic E-state index is 13.0. The number of aliphatic carboxylic acids is 1. The number of ether oxygens (including phenoxy) is 1. The maximum Gasteiger partial charge on any atom is 0.430 e. The third kappa shape index (κ3) is 3.80. The first-order chi connectivity index (χ1) is 10.8. The highest BCUT2D eigenvalue weighted by molar-refractivity contribution is 6.31. The van der Waals surface area contributed by atoms with E-state index in [1.165, 1.54) is 12.1 Å². The first kappa shape index (κ1) is 17.7. The number of carbonyl (C=O) groups is 1. The molecule has 23 heavy (non-hydrogen) atoms. The first-order valence-corrected chi connectivity index (χ1v) is 7.63. The standard InChI is InChI=1S/C16H16ClF3O3/c1-2-3-4-5-9-10-8-11(15(21)22)14(16(18,19)20)23-13(10)7-6-12(9)17/h6-8,14H,2-5H2,1H3,(H,21,22). The molecule has 1 aliphatic heterocycles. The highest BCUT2D eigenvalue weighted by Gasteiger charge is 2.48. The van der Waals surface area contributed by atoms with Gasteiger partial charge in [0.1, 0.15) is 5.75 Å². The summed E-state index contributed by atoms with van der Waals surface area (Å²) in [5.74, 6) is -1.65. The molecule has 1 atom stereocenters. The van der Waals surface area contributed by atoms with Gasteiger partial charge in [-0.25, -0.2) is 4.79 Å². The molecule has 7 heteroatoms. The molecular formula is C16H16ClF3O3. The first-order valence-electron chi connectivity index (χ1n) is 7.25. The summed E-state index contributed by atoms with van der Waals surface area (Å²) in [6, 6.07) is 2.82. The van der Waals surface area contributed by atoms with Crippen molar-refractivity contribution < 1.29 is 27.8 Å². The van der Waals surface area contributed by atoms with E-state index in [9.17, 15) is 18.0 Å². The fourth-order valence-corrected chi connectivity index (χ4v) is 2.78. The molecule has 0 saturated carbocycles. The molecule has 1 unspecified atom stereocenters. The number of rotatable bonds is 5. The van der Waals surface area contributed by atoms with Crippen LogP contribution < -0.4 is 4.74 Å². The van der Waals surface area contributed by atoms with Crippen LogP contribution >= 0.6 is 11.6 Å². The molecule has 0 aliphatic carbocycles. The monoisotopic (exact) mass is 348 g/mol. The zero-order valence-corrected chi connectivity index (χ0v) is 13.2. The van der Waals surface area contributed by atoms with E-state index in [1.54, 1.807) is 0 Å². The Bertz CT molecular complexity index is 638. The molecule has 3 nitrogen and oxygen atoms in total. The fourth-order valence-electron chi connectivity index (χ4n) is 2.52. The van der Waals surface area contributed by atoms with Gasteiger partial charge in [0.2, 0.25) is 6.10 Å². The Labute approximate surface area is 136 Å². The Hall–Kier alpha value is -1.69. The molecule has 0 spiro atoms. The minimum Gasteiger partial charge on any atom is -0.478 e. The maximum absolute atomic E-state index is 13.0. The van der Waals surface area contributed by atoms with Gasteiger partial charge in [0.15, 0.2) is 0 Å². The Balaban J connectivity index is 2.49. The van der Waals surface area contributed by atoms with Gasteiger partial charge in [-0.15, -0.1) is 0 Å². The largest absolute Gasteiger partial charge is 0.478 e. The Kier molecular flexibility index (Phi) is 5.24. The van der Waals surface area contributed by atoms with Crippen molar-refractivity contribution in [3.05, 3.63) is 33.9 Å². The molecule has 0 aromatic heterocycles. The van der Waals surface area contributed by atoms with Crippen LogP contribution in [0.15, 0.2) is 17.7 Å². The third-order valence-corrected chi connectivity index (χ3v) is 4.02. The Morgan fingerprint density at radius 1 is 1.35 bits per heavy atom. The van der Waals surface area contributed by atoms with Crippen LogP contribution in [0.2, 0.25) is 5.02 Å². The van der Waals surface area contributed by atoms with E-state index in [-0.39, 0.29) is 5.75 Å². The van der Waals surface area contributed by atoms with Gasteiger partial charge < -0.3 is 9.84 Å². The van der Waals surface area contributed by atoms with Crippen LogP contribution in [0.25, 0.3) is 6.08 Å². The minimum atomic E-state index is -4.80. The van der Waals surface area contributed by atoms with E-state index in [2.05, 4.69) is 0 Å². The van der Waals surface area contributed by atoms with Crippen molar-refractivity contribution in [2.75, 3.05) is 0 Å². The molecule has 1 N–H and O–H groups in total. The van der Waals surface area contributed by atoms with Gasteiger partial charge in [-0.3, -0.25) is 0 Å². The summed E-state index contributed by atoms with van der Waals surface area (Å²) in [5.41, 5.74) is 0.118. The summed E-state index contributed by atoms with van der Waals surface area (Å²) < 4.78 is 44.0. The second-order valence-electron chi connectivity index (χ2n) is 5.34. The molecule has 126 valence electrons. The van der Waals surface area contributed by atoms with Crippen molar-refractivity contribution in [1.29, 1.82) is 0 Å². The molecular weight excluding hydrogens is 333 g/mol. The summed E-state index contributed by atoms with van der Waals surface area (Å²) in [7, 11) is 0. The average molecular weight is 349 g/mol. The number of unbranched alkanes of at least 4 members (excludes halogenated alkanes) is 2. The number of fused-ring (bicyclic) bond motifs is 1. The average Bonchev–Trinajstić information content (AvgIpc) is 2.47. The number of hydrogen-bond acceptors (Lipinski definition) is 2. The van der Waals surface area contributed by atoms with Gasteiger partial charge in [0.05, 0.1) is 5.57 Å². The van der Waals surface area contributed by atoms with Crippen molar-refractivity contribution in [2.45, 2.75) is 44.9 Å². The second kappa shape index (κ2) is 6.83. The van der Waals surface area contributed by atoms with Crippen LogP contribution in [0.1, 0.15) is 37.3 Å². The van der Waals surface area contributed by atoms with Crippen molar-refractivity contribution in [2.24, 2.45) is 0 Å². The molecule has 1 aliphatic rings. The minimum absolute atomic E-state index is 0.00761. The summed E-state index contributed by atoms with van der Waals surface area (Å²) in [4.78, 5) is 11.2. The lowest BCUT2D eigenvalue weighted by Gasteiger charge is -2.28. The van der Waals surface area contributed by atoms with Crippen molar-refractivity contribution in [3.63, 3.8) is 0 Å². The van der Waals surface area contributed by atoms with E-state index < -0.39 is 23.8 Å². The van der Waals surface area contributed by atoms with E-state index >= 15 is 0 Å². The topological polar surface area (TPSA) is 46.5 Å². The number of halogens is 4. The van der Waals surface area contributed by atoms with Gasteiger partial charge in [-0.05, 0) is 36.6 Å². The molecule has 1 heterocycles. The third-order valence-electron chi connectivity index (χ3n) is 3.66. The van der Waals surface area contributed by atoms with Crippen LogP contribution in [0, 0.1) is 0 Å². The molecule has 0 radical (unpaired) electrons. The van der Waals surface area contributed by atoms with E-state index in [0.29, 0.717) is 22.6 Å². The van der Waals surface area contributed by atoms with Crippen LogP contribution in [0.5, 0.6) is 5.75 Å². The van der Waals surface area contributed by atoms with Crippen LogP contribution in [0.4, 0.5) is 13.2 Å². The number of alkyl halides is 3. The van der Waals surface area contributed by atoms with E-state index in [0.717, 1.165) is 25.3 Å². The van der Waals surface area contributed by atoms with Crippen LogP contribution in [-0.4, -0.2) is 23.4 Å². The van der Waals surface area contributed by atoms with Crippen molar-refractivity contribution >= 4 is 23.6 Å². The number of hydrogen-bond donors (Lipinski definition) is 1. The van der Waals surface area contributed by atoms with Crippen LogP contribution in [0.3, 0.4) is 0 Å². The lowest BCUT2D eigenvalue weighted by Crippen LogP contribution is -2.40. The summed E-state index contributed by atoms with van der Waals surface area (Å²) in [6.07, 6.45) is -2.95. The Morgan fingerprint density at radius 3 is 2.61 bits per heavy atom. The van der Waals surface area contributed by atoms with Crippen LogP contribution in [-0.2, 0) is 11.2 Å². The molecule has 1 aromatic rings.